The fourth-order valence-corrected chi connectivity index (χ4v) is 4.84. The first kappa shape index (κ1) is 23.1. The SMILES string of the molecule is Br.O=C(N/N=C/c1sc(N2CCCCC2)nc1-c1ccccc1)c1ccc2ccccc2n1. The van der Waals surface area contributed by atoms with Crippen LogP contribution in [0.3, 0.4) is 0 Å². The number of hydrazone groups is 1. The number of amides is 1. The molecule has 0 unspecified atom stereocenters. The third kappa shape index (κ3) is 5.29. The first-order chi connectivity index (χ1) is 15.8. The molecule has 0 spiro atoms. The van der Waals surface area contributed by atoms with Gasteiger partial charge >= 0.3 is 0 Å². The molecule has 0 saturated carbocycles. The molecular formula is C25H24BrN5OS. The minimum absolute atomic E-state index is 0. The van der Waals surface area contributed by atoms with E-state index in [4.69, 9.17) is 4.98 Å². The van der Waals surface area contributed by atoms with E-state index in [2.05, 4.69) is 20.4 Å². The molecule has 1 amide bonds. The van der Waals surface area contributed by atoms with Gasteiger partial charge in [-0.15, -0.1) is 17.0 Å². The lowest BCUT2D eigenvalue weighted by Crippen LogP contribution is -2.29. The average molecular weight is 522 g/mol. The number of carbonyl (C=O) groups is 1. The zero-order valence-electron chi connectivity index (χ0n) is 18.0. The number of thiazole rings is 1. The Kier molecular flexibility index (Phi) is 7.47. The van der Waals surface area contributed by atoms with E-state index in [1.165, 1.54) is 19.3 Å². The van der Waals surface area contributed by atoms with Gasteiger partial charge in [0.1, 0.15) is 5.69 Å². The van der Waals surface area contributed by atoms with Crippen molar-refractivity contribution in [1.29, 1.82) is 0 Å². The number of pyridine rings is 1. The summed E-state index contributed by atoms with van der Waals surface area (Å²) in [5.74, 6) is -0.339. The molecule has 33 heavy (non-hydrogen) atoms. The van der Waals surface area contributed by atoms with Crippen molar-refractivity contribution >= 4 is 56.5 Å². The molecule has 1 N–H and O–H groups in total. The number of rotatable bonds is 5. The first-order valence-electron chi connectivity index (χ1n) is 10.8. The second-order valence-corrected chi connectivity index (χ2v) is 8.72. The first-order valence-corrected chi connectivity index (χ1v) is 11.6. The minimum atomic E-state index is -0.339. The summed E-state index contributed by atoms with van der Waals surface area (Å²) in [6.07, 6.45) is 5.35. The van der Waals surface area contributed by atoms with Gasteiger partial charge < -0.3 is 4.90 Å². The van der Waals surface area contributed by atoms with E-state index >= 15 is 0 Å². The molecular weight excluding hydrogens is 498 g/mol. The van der Waals surface area contributed by atoms with Crippen LogP contribution in [0.4, 0.5) is 5.13 Å². The van der Waals surface area contributed by atoms with E-state index in [9.17, 15) is 4.79 Å². The number of carbonyl (C=O) groups excluding carboxylic acids is 1. The second kappa shape index (κ2) is 10.7. The number of benzene rings is 2. The van der Waals surface area contributed by atoms with Gasteiger partial charge in [0.15, 0.2) is 5.13 Å². The molecule has 4 aromatic rings. The molecule has 1 aliphatic heterocycles. The maximum absolute atomic E-state index is 12.6. The molecule has 5 rings (SSSR count). The van der Waals surface area contributed by atoms with Crippen molar-refractivity contribution in [2.24, 2.45) is 5.10 Å². The molecule has 8 heteroatoms. The van der Waals surface area contributed by atoms with Crippen LogP contribution in [0.15, 0.2) is 71.8 Å². The van der Waals surface area contributed by atoms with Crippen LogP contribution in [0.5, 0.6) is 0 Å². The molecule has 2 aromatic heterocycles. The van der Waals surface area contributed by atoms with Crippen LogP contribution < -0.4 is 10.3 Å². The Bertz CT molecular complexity index is 1270. The lowest BCUT2D eigenvalue weighted by atomic mass is 10.1. The summed E-state index contributed by atoms with van der Waals surface area (Å²) in [4.78, 5) is 25.2. The highest BCUT2D eigenvalue weighted by atomic mass is 79.9. The molecule has 2 aromatic carbocycles. The lowest BCUT2D eigenvalue weighted by molar-refractivity contribution is 0.0950. The molecule has 0 aliphatic carbocycles. The van der Waals surface area contributed by atoms with Crippen LogP contribution in [-0.4, -0.2) is 35.2 Å². The number of hydrogen-bond donors (Lipinski definition) is 1. The van der Waals surface area contributed by atoms with Gasteiger partial charge in [0, 0.05) is 24.0 Å². The Morgan fingerprint density at radius 1 is 0.939 bits per heavy atom. The van der Waals surface area contributed by atoms with E-state index in [-0.39, 0.29) is 22.9 Å². The van der Waals surface area contributed by atoms with Crippen LogP contribution in [0, 0.1) is 0 Å². The molecule has 0 bridgehead atoms. The summed E-state index contributed by atoms with van der Waals surface area (Å²) in [7, 11) is 0. The predicted molar refractivity (Wildman–Crippen MR) is 141 cm³/mol. The van der Waals surface area contributed by atoms with Crippen molar-refractivity contribution in [3.05, 3.63) is 77.3 Å². The van der Waals surface area contributed by atoms with Crippen molar-refractivity contribution in [3.63, 3.8) is 0 Å². The quantitative estimate of drug-likeness (QED) is 0.270. The summed E-state index contributed by atoms with van der Waals surface area (Å²) in [5, 5.41) is 6.23. The minimum Gasteiger partial charge on any atom is -0.348 e. The zero-order chi connectivity index (χ0) is 21.8. The summed E-state index contributed by atoms with van der Waals surface area (Å²) >= 11 is 1.61. The fourth-order valence-electron chi connectivity index (χ4n) is 3.83. The highest BCUT2D eigenvalue weighted by molar-refractivity contribution is 8.93. The summed E-state index contributed by atoms with van der Waals surface area (Å²) in [6.45, 7) is 2.06. The summed E-state index contributed by atoms with van der Waals surface area (Å²) < 4.78 is 0. The van der Waals surface area contributed by atoms with E-state index in [1.807, 2.05) is 60.7 Å². The monoisotopic (exact) mass is 521 g/mol. The normalized spacial score (nSPS) is 13.8. The van der Waals surface area contributed by atoms with Gasteiger partial charge in [0.05, 0.1) is 22.3 Å². The van der Waals surface area contributed by atoms with Gasteiger partial charge in [0.25, 0.3) is 5.91 Å². The van der Waals surface area contributed by atoms with Crippen molar-refractivity contribution in [2.45, 2.75) is 19.3 Å². The van der Waals surface area contributed by atoms with Crippen LogP contribution in [0.25, 0.3) is 22.2 Å². The van der Waals surface area contributed by atoms with Gasteiger partial charge in [-0.1, -0.05) is 65.9 Å². The number of aromatic nitrogens is 2. The van der Waals surface area contributed by atoms with Crippen LogP contribution in [-0.2, 0) is 0 Å². The number of fused-ring (bicyclic) bond motifs is 1. The fraction of sp³-hybridized carbons (Fsp3) is 0.200. The Labute approximate surface area is 207 Å². The standard InChI is InChI=1S/C25H23N5OS.BrH/c31-24(21-14-13-18-9-5-6-12-20(18)27-21)29-26-17-22-23(19-10-3-1-4-11-19)28-25(32-22)30-15-7-2-8-16-30;/h1,3-6,9-14,17H,2,7-8,15-16H2,(H,29,31);1H/b26-17+;. The number of halogens is 1. The molecule has 0 radical (unpaired) electrons. The number of para-hydroxylation sites is 1. The van der Waals surface area contributed by atoms with Gasteiger partial charge in [-0.2, -0.15) is 5.10 Å². The van der Waals surface area contributed by atoms with Gasteiger partial charge in [-0.3, -0.25) is 4.79 Å². The van der Waals surface area contributed by atoms with Gasteiger partial charge in [-0.05, 0) is 31.4 Å². The number of nitrogens with one attached hydrogen (secondary N) is 1. The largest absolute Gasteiger partial charge is 0.348 e. The van der Waals surface area contributed by atoms with Gasteiger partial charge in [-0.25, -0.2) is 15.4 Å². The van der Waals surface area contributed by atoms with E-state index in [0.29, 0.717) is 5.69 Å². The molecule has 1 saturated heterocycles. The summed E-state index contributed by atoms with van der Waals surface area (Å²) in [6, 6.07) is 21.4. The summed E-state index contributed by atoms with van der Waals surface area (Å²) in [5.41, 5.74) is 5.66. The second-order valence-electron chi connectivity index (χ2n) is 7.71. The molecule has 0 atom stereocenters. The van der Waals surface area contributed by atoms with Crippen LogP contribution in [0.2, 0.25) is 0 Å². The zero-order valence-corrected chi connectivity index (χ0v) is 20.5. The Morgan fingerprint density at radius 3 is 2.52 bits per heavy atom. The lowest BCUT2D eigenvalue weighted by Gasteiger charge is -2.25. The van der Waals surface area contributed by atoms with Crippen LogP contribution in [0.1, 0.15) is 34.6 Å². The molecule has 1 fully saturated rings. The average Bonchev–Trinajstić information content (AvgIpc) is 3.29. The highest BCUT2D eigenvalue weighted by Gasteiger charge is 2.18. The molecule has 6 nitrogen and oxygen atoms in total. The predicted octanol–water partition coefficient (Wildman–Crippen LogP) is 5.69. The van der Waals surface area contributed by atoms with E-state index < -0.39 is 0 Å². The van der Waals surface area contributed by atoms with E-state index in [0.717, 1.165) is 45.3 Å². The number of nitrogens with zero attached hydrogens (tertiary/aromatic N) is 4. The van der Waals surface area contributed by atoms with Crippen LogP contribution >= 0.6 is 28.3 Å². The maximum atomic E-state index is 12.6. The number of anilines is 1. The molecule has 3 heterocycles. The topological polar surface area (TPSA) is 70.5 Å². The Hall–Kier alpha value is -3.10. The number of hydrogen-bond acceptors (Lipinski definition) is 6. The third-order valence-corrected chi connectivity index (χ3v) is 6.55. The van der Waals surface area contributed by atoms with Crippen molar-refractivity contribution < 1.29 is 4.79 Å². The Morgan fingerprint density at radius 2 is 1.70 bits per heavy atom. The van der Waals surface area contributed by atoms with E-state index in [1.54, 1.807) is 23.6 Å². The van der Waals surface area contributed by atoms with Crippen molar-refractivity contribution in [1.82, 2.24) is 15.4 Å². The number of piperidine rings is 1. The maximum Gasteiger partial charge on any atom is 0.289 e. The van der Waals surface area contributed by atoms with Gasteiger partial charge in [0.2, 0.25) is 0 Å². The molecule has 168 valence electrons. The van der Waals surface area contributed by atoms with Crippen molar-refractivity contribution in [3.8, 4) is 11.3 Å². The highest BCUT2D eigenvalue weighted by Crippen LogP contribution is 2.33. The third-order valence-electron chi connectivity index (χ3n) is 5.49. The van der Waals surface area contributed by atoms with Crippen molar-refractivity contribution in [2.75, 3.05) is 18.0 Å². The smallest absolute Gasteiger partial charge is 0.289 e. The Balaban J connectivity index is 0.00000259. The molecule has 1 aliphatic rings.